The molecule has 1 rings (SSSR count). The first-order valence-corrected chi connectivity index (χ1v) is 5.42. The van der Waals surface area contributed by atoms with Crippen LogP contribution >= 0.6 is 0 Å². The lowest BCUT2D eigenvalue weighted by atomic mass is 10.1. The molecule has 0 radical (unpaired) electrons. The predicted molar refractivity (Wildman–Crippen MR) is 57.0 cm³/mol. The van der Waals surface area contributed by atoms with Crippen LogP contribution < -0.4 is 11.1 Å². The normalized spacial score (nSPS) is 20.4. The van der Waals surface area contributed by atoms with Crippen LogP contribution in [0.4, 0.5) is 0 Å². The monoisotopic (exact) mass is 213 g/mol. The SMILES string of the molecule is CCC1CCN(C(=O)CNC(=O)CN)C1. The summed E-state index contributed by atoms with van der Waals surface area (Å²) in [7, 11) is 0. The van der Waals surface area contributed by atoms with E-state index in [9.17, 15) is 9.59 Å². The fourth-order valence-electron chi connectivity index (χ4n) is 1.75. The van der Waals surface area contributed by atoms with Crippen LogP contribution in [0.15, 0.2) is 0 Å². The number of hydrogen-bond donors (Lipinski definition) is 2. The van der Waals surface area contributed by atoms with Crippen molar-refractivity contribution in [1.29, 1.82) is 0 Å². The van der Waals surface area contributed by atoms with Gasteiger partial charge in [0.25, 0.3) is 0 Å². The van der Waals surface area contributed by atoms with Gasteiger partial charge in [-0.25, -0.2) is 0 Å². The minimum Gasteiger partial charge on any atom is -0.346 e. The van der Waals surface area contributed by atoms with Gasteiger partial charge in [-0.3, -0.25) is 9.59 Å². The maximum Gasteiger partial charge on any atom is 0.241 e. The molecule has 0 bridgehead atoms. The second-order valence-corrected chi connectivity index (χ2v) is 3.88. The van der Waals surface area contributed by atoms with E-state index in [2.05, 4.69) is 12.2 Å². The molecule has 0 aromatic carbocycles. The Kier molecular flexibility index (Phi) is 4.55. The quantitative estimate of drug-likeness (QED) is 0.649. The van der Waals surface area contributed by atoms with Gasteiger partial charge in [-0.15, -0.1) is 0 Å². The molecule has 5 heteroatoms. The summed E-state index contributed by atoms with van der Waals surface area (Å²) < 4.78 is 0. The zero-order valence-electron chi connectivity index (χ0n) is 9.16. The fraction of sp³-hybridized carbons (Fsp3) is 0.800. The Morgan fingerprint density at radius 3 is 2.80 bits per heavy atom. The second kappa shape index (κ2) is 5.70. The van der Waals surface area contributed by atoms with Gasteiger partial charge in [0.1, 0.15) is 0 Å². The summed E-state index contributed by atoms with van der Waals surface area (Å²) >= 11 is 0. The average molecular weight is 213 g/mol. The van der Waals surface area contributed by atoms with Gasteiger partial charge in [-0.1, -0.05) is 13.3 Å². The second-order valence-electron chi connectivity index (χ2n) is 3.88. The molecule has 1 aliphatic heterocycles. The smallest absolute Gasteiger partial charge is 0.241 e. The summed E-state index contributed by atoms with van der Waals surface area (Å²) in [5.41, 5.74) is 5.12. The number of nitrogens with zero attached hydrogens (tertiary/aromatic N) is 1. The zero-order valence-corrected chi connectivity index (χ0v) is 9.16. The van der Waals surface area contributed by atoms with Crippen molar-refractivity contribution >= 4 is 11.8 Å². The van der Waals surface area contributed by atoms with Gasteiger partial charge in [0, 0.05) is 13.1 Å². The van der Waals surface area contributed by atoms with Crippen LogP contribution in [0.3, 0.4) is 0 Å². The van der Waals surface area contributed by atoms with Crippen molar-refractivity contribution in [3.63, 3.8) is 0 Å². The van der Waals surface area contributed by atoms with Crippen LogP contribution in [0.5, 0.6) is 0 Å². The molecule has 0 aromatic rings. The summed E-state index contributed by atoms with van der Waals surface area (Å²) in [5.74, 6) is 0.335. The van der Waals surface area contributed by atoms with E-state index in [1.54, 1.807) is 0 Å². The molecule has 1 fully saturated rings. The molecule has 0 aliphatic carbocycles. The summed E-state index contributed by atoms with van der Waals surface area (Å²) in [6.45, 7) is 3.79. The van der Waals surface area contributed by atoms with Crippen LogP contribution in [-0.2, 0) is 9.59 Å². The summed E-state index contributed by atoms with van der Waals surface area (Å²) in [5, 5.41) is 2.49. The standard InChI is InChI=1S/C10H19N3O2/c1-2-8-3-4-13(7-8)10(15)6-12-9(14)5-11/h8H,2-7,11H2,1H3,(H,12,14). The van der Waals surface area contributed by atoms with E-state index in [4.69, 9.17) is 5.73 Å². The average Bonchev–Trinajstić information content (AvgIpc) is 2.73. The number of nitrogens with two attached hydrogens (primary N) is 1. The summed E-state index contributed by atoms with van der Waals surface area (Å²) in [6.07, 6.45) is 2.19. The van der Waals surface area contributed by atoms with Gasteiger partial charge in [0.15, 0.2) is 0 Å². The number of hydrogen-bond acceptors (Lipinski definition) is 3. The molecule has 3 N–H and O–H groups in total. The lowest BCUT2D eigenvalue weighted by Gasteiger charge is -2.16. The largest absolute Gasteiger partial charge is 0.346 e. The Labute approximate surface area is 90.0 Å². The molecular formula is C10H19N3O2. The van der Waals surface area contributed by atoms with Crippen molar-refractivity contribution in [1.82, 2.24) is 10.2 Å². The summed E-state index contributed by atoms with van der Waals surface area (Å²) in [6, 6.07) is 0. The van der Waals surface area contributed by atoms with Crippen LogP contribution in [0.25, 0.3) is 0 Å². The van der Waals surface area contributed by atoms with E-state index in [1.807, 2.05) is 4.90 Å². The van der Waals surface area contributed by atoms with Crippen LogP contribution in [-0.4, -0.2) is 42.9 Å². The molecule has 1 unspecified atom stereocenters. The van der Waals surface area contributed by atoms with E-state index >= 15 is 0 Å². The van der Waals surface area contributed by atoms with E-state index in [-0.39, 0.29) is 24.9 Å². The van der Waals surface area contributed by atoms with Crippen LogP contribution in [0, 0.1) is 5.92 Å². The van der Waals surface area contributed by atoms with Gasteiger partial charge >= 0.3 is 0 Å². The minimum absolute atomic E-state index is 0.00671. The fourth-order valence-corrected chi connectivity index (χ4v) is 1.75. The number of rotatable bonds is 4. The van der Waals surface area contributed by atoms with Crippen molar-refractivity contribution in [3.8, 4) is 0 Å². The van der Waals surface area contributed by atoms with E-state index in [0.29, 0.717) is 5.92 Å². The third kappa shape index (κ3) is 3.51. The Morgan fingerprint density at radius 2 is 2.27 bits per heavy atom. The Morgan fingerprint density at radius 1 is 1.53 bits per heavy atom. The number of carbonyl (C=O) groups is 2. The van der Waals surface area contributed by atoms with E-state index in [0.717, 1.165) is 25.9 Å². The third-order valence-electron chi connectivity index (χ3n) is 2.84. The first-order valence-electron chi connectivity index (χ1n) is 5.42. The highest BCUT2D eigenvalue weighted by Gasteiger charge is 2.24. The lowest BCUT2D eigenvalue weighted by molar-refractivity contribution is -0.131. The maximum absolute atomic E-state index is 11.6. The van der Waals surface area contributed by atoms with Gasteiger partial charge in [-0.2, -0.15) is 0 Å². The molecule has 0 saturated carbocycles. The van der Waals surface area contributed by atoms with Crippen molar-refractivity contribution in [3.05, 3.63) is 0 Å². The molecule has 1 heterocycles. The molecule has 2 amide bonds. The Hall–Kier alpha value is -1.10. The minimum atomic E-state index is -0.283. The van der Waals surface area contributed by atoms with Crippen molar-refractivity contribution in [2.75, 3.05) is 26.2 Å². The Bertz CT molecular complexity index is 243. The molecule has 1 atom stereocenters. The van der Waals surface area contributed by atoms with Crippen LogP contribution in [0.1, 0.15) is 19.8 Å². The number of likely N-dealkylation sites (tertiary alicyclic amines) is 1. The lowest BCUT2D eigenvalue weighted by Crippen LogP contribution is -2.41. The summed E-state index contributed by atoms with van der Waals surface area (Å²) in [4.78, 5) is 24.3. The highest BCUT2D eigenvalue weighted by molar-refractivity contribution is 5.85. The molecule has 0 aromatic heterocycles. The van der Waals surface area contributed by atoms with Gasteiger partial charge in [0.2, 0.25) is 11.8 Å². The van der Waals surface area contributed by atoms with Gasteiger partial charge in [-0.05, 0) is 12.3 Å². The first-order chi connectivity index (χ1) is 7.17. The van der Waals surface area contributed by atoms with Crippen molar-refractivity contribution in [2.24, 2.45) is 11.7 Å². The van der Waals surface area contributed by atoms with Gasteiger partial charge in [0.05, 0.1) is 13.1 Å². The van der Waals surface area contributed by atoms with Gasteiger partial charge < -0.3 is 16.0 Å². The number of carbonyl (C=O) groups excluding carboxylic acids is 2. The first kappa shape index (κ1) is 12.0. The highest BCUT2D eigenvalue weighted by atomic mass is 16.2. The maximum atomic E-state index is 11.6. The molecule has 1 aliphatic rings. The number of amides is 2. The van der Waals surface area contributed by atoms with E-state index < -0.39 is 0 Å². The van der Waals surface area contributed by atoms with Crippen molar-refractivity contribution < 1.29 is 9.59 Å². The predicted octanol–water partition coefficient (Wildman–Crippen LogP) is -0.680. The molecule has 86 valence electrons. The van der Waals surface area contributed by atoms with Crippen molar-refractivity contribution in [2.45, 2.75) is 19.8 Å². The molecule has 15 heavy (non-hydrogen) atoms. The van der Waals surface area contributed by atoms with E-state index in [1.165, 1.54) is 0 Å². The van der Waals surface area contributed by atoms with Crippen LogP contribution in [0.2, 0.25) is 0 Å². The molecule has 1 saturated heterocycles. The molecule has 5 nitrogen and oxygen atoms in total. The number of nitrogens with one attached hydrogen (secondary N) is 1. The third-order valence-corrected chi connectivity index (χ3v) is 2.84. The molecular weight excluding hydrogens is 194 g/mol. The molecule has 0 spiro atoms. The zero-order chi connectivity index (χ0) is 11.3. The highest BCUT2D eigenvalue weighted by Crippen LogP contribution is 2.18. The Balaban J connectivity index is 2.26. The topological polar surface area (TPSA) is 75.4 Å².